The van der Waals surface area contributed by atoms with E-state index in [0.29, 0.717) is 5.02 Å². The fourth-order valence-electron chi connectivity index (χ4n) is 2.49. The Balaban J connectivity index is 3.05. The van der Waals surface area contributed by atoms with Gasteiger partial charge in [0.05, 0.1) is 12.6 Å². The molecule has 0 aliphatic carbocycles. The van der Waals surface area contributed by atoms with E-state index in [1.54, 1.807) is 0 Å². The number of hydrogen-bond donors (Lipinski definition) is 2. The normalized spacial score (nSPS) is 14.1. The molecule has 118 valence electrons. The average molecular weight is 312 g/mol. The number of carbonyl (C=O) groups excluding carboxylic acids is 1. The van der Waals surface area contributed by atoms with E-state index in [9.17, 15) is 4.79 Å². The average Bonchev–Trinajstić information content (AvgIpc) is 2.46. The van der Waals surface area contributed by atoms with Gasteiger partial charge in [-0.1, -0.05) is 44.0 Å². The second kappa shape index (κ2) is 9.03. The van der Waals surface area contributed by atoms with Gasteiger partial charge in [-0.05, 0) is 37.1 Å². The fraction of sp³-hybridized carbons (Fsp3) is 0.562. The number of amides is 1. The highest BCUT2D eigenvalue weighted by Crippen LogP contribution is 2.26. The van der Waals surface area contributed by atoms with E-state index in [2.05, 4.69) is 18.7 Å². The molecule has 21 heavy (non-hydrogen) atoms. The van der Waals surface area contributed by atoms with Gasteiger partial charge in [-0.3, -0.25) is 9.69 Å². The summed E-state index contributed by atoms with van der Waals surface area (Å²) in [6.45, 7) is 5.21. The zero-order chi connectivity index (χ0) is 15.8. The van der Waals surface area contributed by atoms with E-state index in [4.69, 9.17) is 23.1 Å². The highest BCUT2D eigenvalue weighted by Gasteiger charge is 2.26. The molecule has 0 aliphatic rings. The lowest BCUT2D eigenvalue weighted by Gasteiger charge is -2.35. The summed E-state index contributed by atoms with van der Waals surface area (Å²) in [5, 5.41) is 0.692. The van der Waals surface area contributed by atoms with Gasteiger partial charge in [0.25, 0.3) is 0 Å². The van der Waals surface area contributed by atoms with Crippen LogP contribution in [0.5, 0.6) is 0 Å². The van der Waals surface area contributed by atoms with Gasteiger partial charge in [0.2, 0.25) is 5.91 Å². The maximum Gasteiger partial charge on any atom is 0.231 e. The molecule has 0 bridgehead atoms. The lowest BCUT2D eigenvalue weighted by Crippen LogP contribution is -2.45. The van der Waals surface area contributed by atoms with Crippen molar-refractivity contribution >= 4 is 17.5 Å². The van der Waals surface area contributed by atoms with Crippen molar-refractivity contribution in [2.75, 3.05) is 13.1 Å². The first-order valence-electron chi connectivity index (χ1n) is 7.53. The van der Waals surface area contributed by atoms with Gasteiger partial charge in [0.1, 0.15) is 0 Å². The van der Waals surface area contributed by atoms with Crippen molar-refractivity contribution < 1.29 is 4.79 Å². The molecule has 1 aromatic carbocycles. The molecule has 0 aliphatic heterocycles. The Bertz CT molecular complexity index is 436. The molecular formula is C16H26ClN3O. The third kappa shape index (κ3) is 5.65. The van der Waals surface area contributed by atoms with Crippen LogP contribution < -0.4 is 11.5 Å². The van der Waals surface area contributed by atoms with Crippen molar-refractivity contribution in [2.45, 2.75) is 45.2 Å². The fourth-order valence-corrected chi connectivity index (χ4v) is 2.62. The van der Waals surface area contributed by atoms with E-state index in [1.807, 2.05) is 24.3 Å². The SMILES string of the molecule is CCCCN(CC(N)=O)C(c1ccc(Cl)cc1)C(N)CC. The van der Waals surface area contributed by atoms with Crippen LogP contribution in [0.3, 0.4) is 0 Å². The highest BCUT2D eigenvalue weighted by atomic mass is 35.5. The Labute approximate surface area is 132 Å². The zero-order valence-corrected chi connectivity index (χ0v) is 13.6. The molecule has 1 aromatic rings. The molecule has 2 atom stereocenters. The second-order valence-corrected chi connectivity index (χ2v) is 5.80. The molecule has 4 N–H and O–H groups in total. The smallest absolute Gasteiger partial charge is 0.231 e. The van der Waals surface area contributed by atoms with Gasteiger partial charge in [-0.25, -0.2) is 0 Å². The van der Waals surface area contributed by atoms with Crippen LogP contribution >= 0.6 is 11.6 Å². The zero-order valence-electron chi connectivity index (χ0n) is 12.9. The topological polar surface area (TPSA) is 72.3 Å². The lowest BCUT2D eigenvalue weighted by atomic mass is 9.96. The monoisotopic (exact) mass is 311 g/mol. The summed E-state index contributed by atoms with van der Waals surface area (Å²) in [4.78, 5) is 13.5. The van der Waals surface area contributed by atoms with Crippen LogP contribution in [0, 0.1) is 0 Å². The Kier molecular flexibility index (Phi) is 7.72. The summed E-state index contributed by atoms with van der Waals surface area (Å²) < 4.78 is 0. The van der Waals surface area contributed by atoms with Crippen LogP contribution in [0.15, 0.2) is 24.3 Å². The molecule has 0 saturated carbocycles. The molecule has 0 radical (unpaired) electrons. The first-order chi connectivity index (χ1) is 9.99. The maximum absolute atomic E-state index is 11.4. The number of nitrogens with zero attached hydrogens (tertiary/aromatic N) is 1. The summed E-state index contributed by atoms with van der Waals surface area (Å²) in [6.07, 6.45) is 2.90. The molecule has 0 saturated heterocycles. The summed E-state index contributed by atoms with van der Waals surface area (Å²) in [6, 6.07) is 7.59. The molecule has 0 aromatic heterocycles. The minimum absolute atomic E-state index is 0.0219. The van der Waals surface area contributed by atoms with Gasteiger partial charge >= 0.3 is 0 Å². The molecule has 4 nitrogen and oxygen atoms in total. The Morgan fingerprint density at radius 3 is 2.38 bits per heavy atom. The molecular weight excluding hydrogens is 286 g/mol. The molecule has 1 amide bonds. The van der Waals surface area contributed by atoms with E-state index < -0.39 is 0 Å². The van der Waals surface area contributed by atoms with Crippen LogP contribution in [-0.4, -0.2) is 29.9 Å². The van der Waals surface area contributed by atoms with Crippen molar-refractivity contribution in [2.24, 2.45) is 11.5 Å². The van der Waals surface area contributed by atoms with Crippen molar-refractivity contribution in [1.82, 2.24) is 4.90 Å². The number of halogens is 1. The van der Waals surface area contributed by atoms with Crippen LogP contribution in [0.4, 0.5) is 0 Å². The molecule has 1 rings (SSSR count). The Morgan fingerprint density at radius 1 is 1.29 bits per heavy atom. The summed E-state index contributed by atoms with van der Waals surface area (Å²) in [5.74, 6) is -0.326. The van der Waals surface area contributed by atoms with Crippen molar-refractivity contribution in [3.05, 3.63) is 34.9 Å². The highest BCUT2D eigenvalue weighted by molar-refractivity contribution is 6.30. The van der Waals surface area contributed by atoms with E-state index in [1.165, 1.54) is 0 Å². The number of nitrogens with two attached hydrogens (primary N) is 2. The predicted molar refractivity (Wildman–Crippen MR) is 88.1 cm³/mol. The molecule has 0 spiro atoms. The number of primary amides is 1. The van der Waals surface area contributed by atoms with Crippen LogP contribution in [0.2, 0.25) is 5.02 Å². The van der Waals surface area contributed by atoms with E-state index in [-0.39, 0.29) is 24.5 Å². The summed E-state index contributed by atoms with van der Waals surface area (Å²) in [5.41, 5.74) is 12.8. The quantitative estimate of drug-likeness (QED) is 0.736. The largest absolute Gasteiger partial charge is 0.369 e. The first kappa shape index (κ1) is 18.0. The summed E-state index contributed by atoms with van der Waals surface area (Å²) >= 11 is 5.96. The van der Waals surface area contributed by atoms with E-state index in [0.717, 1.165) is 31.4 Å². The van der Waals surface area contributed by atoms with Crippen molar-refractivity contribution in [1.29, 1.82) is 0 Å². The van der Waals surface area contributed by atoms with Crippen LogP contribution in [0.1, 0.15) is 44.7 Å². The minimum atomic E-state index is -0.326. The van der Waals surface area contributed by atoms with Crippen molar-refractivity contribution in [3.63, 3.8) is 0 Å². The Hall–Kier alpha value is -1.10. The number of carbonyl (C=O) groups is 1. The van der Waals surface area contributed by atoms with Gasteiger partial charge in [0, 0.05) is 11.1 Å². The van der Waals surface area contributed by atoms with Crippen molar-refractivity contribution in [3.8, 4) is 0 Å². The second-order valence-electron chi connectivity index (χ2n) is 5.36. The van der Waals surface area contributed by atoms with Gasteiger partial charge in [-0.2, -0.15) is 0 Å². The third-order valence-corrected chi connectivity index (χ3v) is 3.89. The maximum atomic E-state index is 11.4. The van der Waals surface area contributed by atoms with Gasteiger partial charge < -0.3 is 11.5 Å². The Morgan fingerprint density at radius 2 is 1.90 bits per heavy atom. The molecule has 0 fully saturated rings. The number of hydrogen-bond acceptors (Lipinski definition) is 3. The van der Waals surface area contributed by atoms with Gasteiger partial charge in [0.15, 0.2) is 0 Å². The molecule has 5 heteroatoms. The summed E-state index contributed by atoms with van der Waals surface area (Å²) in [7, 11) is 0. The molecule has 2 unspecified atom stereocenters. The van der Waals surface area contributed by atoms with Crippen LogP contribution in [-0.2, 0) is 4.79 Å². The predicted octanol–water partition coefficient (Wildman–Crippen LogP) is 2.71. The number of unbranched alkanes of at least 4 members (excludes halogenated alkanes) is 1. The minimum Gasteiger partial charge on any atom is -0.369 e. The van der Waals surface area contributed by atoms with Gasteiger partial charge in [-0.15, -0.1) is 0 Å². The number of benzene rings is 1. The van der Waals surface area contributed by atoms with E-state index >= 15 is 0 Å². The standard InChI is InChI=1S/C16H26ClN3O/c1-3-5-10-20(11-15(19)21)16(14(18)4-2)12-6-8-13(17)9-7-12/h6-9,14,16H,3-5,10-11,18H2,1-2H3,(H2,19,21). The number of rotatable bonds is 9. The first-order valence-corrected chi connectivity index (χ1v) is 7.90. The lowest BCUT2D eigenvalue weighted by molar-refractivity contribution is -0.119. The van der Waals surface area contributed by atoms with Crippen LogP contribution in [0.25, 0.3) is 0 Å². The third-order valence-electron chi connectivity index (χ3n) is 3.64. The molecule has 0 heterocycles.